The summed E-state index contributed by atoms with van der Waals surface area (Å²) in [5, 5.41) is 32.1. The van der Waals surface area contributed by atoms with Crippen LogP contribution in [0.2, 0.25) is 0 Å². The molecular weight excluding hydrogens is 699 g/mol. The summed E-state index contributed by atoms with van der Waals surface area (Å²) in [5.41, 5.74) is 5.82. The van der Waals surface area contributed by atoms with Crippen LogP contribution in [0.15, 0.2) is 42.6 Å². The van der Waals surface area contributed by atoms with Gasteiger partial charge >= 0.3 is 5.97 Å². The number of aromatic carboxylic acids is 1. The van der Waals surface area contributed by atoms with Crippen molar-refractivity contribution < 1.29 is 14.6 Å². The van der Waals surface area contributed by atoms with E-state index in [0.29, 0.717) is 29.6 Å². The zero-order valence-corrected chi connectivity index (χ0v) is 32.6. The topological polar surface area (TPSA) is 143 Å². The van der Waals surface area contributed by atoms with E-state index in [1.807, 2.05) is 55.4 Å². The number of pyridine rings is 1. The number of likely N-dealkylation sites (N-methyl/N-ethyl adjacent to an activating group) is 1. The predicted octanol–water partition coefficient (Wildman–Crippen LogP) is 7.84. The number of carbonyl (C=O) groups is 1. The number of para-hydroxylation sites is 1. The third kappa shape index (κ3) is 6.04. The van der Waals surface area contributed by atoms with Crippen molar-refractivity contribution in [2.24, 2.45) is 16.2 Å². The molecule has 12 nitrogen and oxygen atoms in total. The lowest BCUT2D eigenvalue weighted by atomic mass is 9.39. The van der Waals surface area contributed by atoms with E-state index in [1.54, 1.807) is 11.3 Å². The van der Waals surface area contributed by atoms with Crippen molar-refractivity contribution in [1.29, 1.82) is 0 Å². The summed E-state index contributed by atoms with van der Waals surface area (Å²) in [6, 6.07) is 11.8. The fraction of sp³-hybridized carbons (Fsp3) is 0.512. The van der Waals surface area contributed by atoms with Crippen LogP contribution in [-0.2, 0) is 17.7 Å². The molecule has 4 bridgehead atoms. The van der Waals surface area contributed by atoms with E-state index >= 15 is 0 Å². The molecule has 1 aliphatic heterocycles. The minimum absolute atomic E-state index is 0.00721. The highest BCUT2D eigenvalue weighted by Gasteiger charge is 2.66. The third-order valence-electron chi connectivity index (χ3n) is 12.6. The number of aromatic nitrogens is 6. The van der Waals surface area contributed by atoms with Crippen LogP contribution in [0.4, 0.5) is 22.6 Å². The zero-order chi connectivity index (χ0) is 37.5. The molecular formula is C41H49N9O3S. The van der Waals surface area contributed by atoms with Crippen LogP contribution in [0, 0.1) is 30.1 Å². The first-order valence-electron chi connectivity index (χ1n) is 19.2. The van der Waals surface area contributed by atoms with Crippen LogP contribution in [0.5, 0.6) is 0 Å². The Hall–Kier alpha value is -4.46. The summed E-state index contributed by atoms with van der Waals surface area (Å²) in [7, 11) is 1.98. The number of rotatable bonds is 11. The summed E-state index contributed by atoms with van der Waals surface area (Å²) < 4.78 is 9.99. The molecule has 54 heavy (non-hydrogen) atoms. The molecule has 1 aromatic carbocycles. The van der Waals surface area contributed by atoms with Gasteiger partial charge in [-0.15, -0.1) is 10.2 Å². The highest BCUT2D eigenvalue weighted by atomic mass is 32.1. The minimum atomic E-state index is -1.07. The van der Waals surface area contributed by atoms with Crippen LogP contribution < -0.4 is 15.5 Å². The van der Waals surface area contributed by atoms with Crippen LogP contribution in [0.3, 0.4) is 0 Å². The zero-order valence-electron chi connectivity index (χ0n) is 31.8. The van der Waals surface area contributed by atoms with Crippen LogP contribution >= 0.6 is 11.3 Å². The largest absolute Gasteiger partial charge is 0.476 e. The van der Waals surface area contributed by atoms with Crippen molar-refractivity contribution >= 4 is 50.1 Å². The summed E-state index contributed by atoms with van der Waals surface area (Å²) in [5.74, 6) is 0.850. The molecule has 2 unspecified atom stereocenters. The first-order valence-corrected chi connectivity index (χ1v) is 20.0. The van der Waals surface area contributed by atoms with Gasteiger partial charge in [-0.25, -0.2) is 14.8 Å². The second-order valence-electron chi connectivity index (χ2n) is 17.3. The summed E-state index contributed by atoms with van der Waals surface area (Å²) in [6.07, 6.45) is 10.4. The number of nitrogens with one attached hydrogen (secondary N) is 2. The molecule has 0 spiro atoms. The normalized spacial score (nSPS) is 27.1. The molecule has 0 saturated heterocycles. The average Bonchev–Trinajstić information content (AvgIpc) is 3.69. The highest BCUT2D eigenvalue weighted by molar-refractivity contribution is 7.22. The molecule has 4 aliphatic carbocycles. The number of carboxylic acid groups (broad SMARTS) is 1. The molecule has 10 rings (SSSR count). The van der Waals surface area contributed by atoms with Crippen molar-refractivity contribution in [3.63, 3.8) is 0 Å². The molecule has 5 aromatic rings. The van der Waals surface area contributed by atoms with Crippen LogP contribution in [-0.4, -0.2) is 73.4 Å². The Balaban J connectivity index is 0.991. The average molecular weight is 748 g/mol. The van der Waals surface area contributed by atoms with Gasteiger partial charge < -0.3 is 25.4 Å². The number of benzene rings is 1. The van der Waals surface area contributed by atoms with Gasteiger partial charge in [-0.3, -0.25) is 4.68 Å². The number of nitrogens with zero attached hydrogens (tertiary/aromatic N) is 7. The van der Waals surface area contributed by atoms with E-state index in [4.69, 9.17) is 19.8 Å². The van der Waals surface area contributed by atoms with Gasteiger partial charge in [-0.1, -0.05) is 37.3 Å². The summed E-state index contributed by atoms with van der Waals surface area (Å²) >= 11 is 1.58. The lowest BCUT2D eigenvalue weighted by Crippen LogP contribution is -2.64. The van der Waals surface area contributed by atoms with E-state index in [2.05, 4.69) is 52.4 Å². The van der Waals surface area contributed by atoms with Crippen molar-refractivity contribution in [1.82, 2.24) is 35.3 Å². The van der Waals surface area contributed by atoms with Gasteiger partial charge in [0.1, 0.15) is 5.82 Å². The Labute approximate surface area is 319 Å². The maximum absolute atomic E-state index is 12.9. The Morgan fingerprint density at radius 3 is 2.54 bits per heavy atom. The maximum Gasteiger partial charge on any atom is 0.355 e. The van der Waals surface area contributed by atoms with Gasteiger partial charge in [0, 0.05) is 47.6 Å². The Kier molecular flexibility index (Phi) is 8.36. The fourth-order valence-electron chi connectivity index (χ4n) is 11.6. The van der Waals surface area contributed by atoms with Gasteiger partial charge in [-0.05, 0) is 113 Å². The summed E-state index contributed by atoms with van der Waals surface area (Å²) in [4.78, 5) is 24.4. The van der Waals surface area contributed by atoms with E-state index in [0.717, 1.165) is 102 Å². The molecule has 4 aromatic heterocycles. The Bertz CT molecular complexity index is 2230. The third-order valence-corrected chi connectivity index (χ3v) is 13.5. The lowest BCUT2D eigenvalue weighted by Gasteiger charge is -2.69. The summed E-state index contributed by atoms with van der Waals surface area (Å²) in [6.45, 7) is 12.1. The smallest absolute Gasteiger partial charge is 0.355 e. The maximum atomic E-state index is 12.9. The Morgan fingerprint density at radius 2 is 1.78 bits per heavy atom. The minimum Gasteiger partial charge on any atom is -0.476 e. The van der Waals surface area contributed by atoms with Crippen LogP contribution in [0.1, 0.15) is 86.1 Å². The first kappa shape index (κ1) is 35.3. The van der Waals surface area contributed by atoms with E-state index in [9.17, 15) is 9.90 Å². The molecule has 282 valence electrons. The molecule has 0 amide bonds. The molecule has 5 aliphatic rings. The van der Waals surface area contributed by atoms with Crippen molar-refractivity contribution in [2.45, 2.75) is 91.2 Å². The number of anilines is 4. The highest BCUT2D eigenvalue weighted by Crippen LogP contribution is 2.72. The molecule has 2 atom stereocenters. The Morgan fingerprint density at radius 1 is 0.981 bits per heavy atom. The molecule has 3 N–H and O–H groups in total. The number of hydrogen-bond donors (Lipinski definition) is 3. The second-order valence-corrected chi connectivity index (χ2v) is 18.4. The number of carboxylic acids is 1. The van der Waals surface area contributed by atoms with Crippen LogP contribution in [0.25, 0.3) is 21.3 Å². The molecule has 5 heterocycles. The van der Waals surface area contributed by atoms with Crippen molar-refractivity contribution in [3.05, 3.63) is 65.1 Å². The molecule has 13 heteroatoms. The number of ether oxygens (including phenoxy) is 1. The monoisotopic (exact) mass is 747 g/mol. The van der Waals surface area contributed by atoms with Crippen molar-refractivity contribution in [2.75, 3.05) is 37.0 Å². The lowest BCUT2D eigenvalue weighted by molar-refractivity contribution is -0.247. The van der Waals surface area contributed by atoms with E-state index in [-0.39, 0.29) is 27.5 Å². The quantitative estimate of drug-likeness (QED) is 0.114. The molecule has 0 radical (unpaired) electrons. The van der Waals surface area contributed by atoms with Gasteiger partial charge in [-0.2, -0.15) is 5.10 Å². The van der Waals surface area contributed by atoms with Gasteiger partial charge in [0.15, 0.2) is 22.5 Å². The number of thiazole rings is 1. The molecule has 4 saturated carbocycles. The number of fused-ring (bicyclic) bond motifs is 2. The van der Waals surface area contributed by atoms with E-state index < -0.39 is 5.97 Å². The van der Waals surface area contributed by atoms with Gasteiger partial charge in [0.2, 0.25) is 0 Å². The second kappa shape index (κ2) is 12.8. The standard InChI is InChI=1S/C41H49N9O3S/c1-25-27-9-8-15-49(35(27)48-47-34(25)46-37-44-30-10-6-7-11-31(30)54-37)32-13-12-28(33(45-32)36(51)52)29-17-43-50(26(29)2)24-40-19-38(3)18-39(4,20-40)22-41(21-38,23-40)53-16-14-42-5/h6-7,10-13,17,42H,8-9,14-16,18-24H2,1-5H3,(H,51,52)(H,44,46,47). The predicted molar refractivity (Wildman–Crippen MR) is 211 cm³/mol. The van der Waals surface area contributed by atoms with E-state index in [1.165, 1.54) is 6.42 Å². The van der Waals surface area contributed by atoms with Crippen molar-refractivity contribution in [3.8, 4) is 11.1 Å². The number of hydrogen-bond acceptors (Lipinski definition) is 11. The first-order chi connectivity index (χ1) is 25.9. The van der Waals surface area contributed by atoms with Gasteiger partial charge in [0.25, 0.3) is 0 Å². The van der Waals surface area contributed by atoms with Gasteiger partial charge in [0.05, 0.1) is 28.6 Å². The SMILES string of the molecule is CNCCOC12CC3(C)CC(C)(CC(Cn4ncc(-c5ccc(N6CCCc7c6nnc(Nc6nc8ccccc8s6)c7C)nc5C(=O)O)c4C)(C3)C1)C2. The fourth-order valence-corrected chi connectivity index (χ4v) is 12.5. The molecule has 4 fully saturated rings.